The second-order valence-corrected chi connectivity index (χ2v) is 9.01. The van der Waals surface area contributed by atoms with Crippen molar-refractivity contribution >= 4 is 29.0 Å². The number of likely N-dealkylation sites (tertiary alicyclic amines) is 1. The van der Waals surface area contributed by atoms with Crippen LogP contribution in [0.2, 0.25) is 0 Å². The lowest BCUT2D eigenvalue weighted by Crippen LogP contribution is -2.45. The summed E-state index contributed by atoms with van der Waals surface area (Å²) in [6.45, 7) is 6.54. The zero-order valence-corrected chi connectivity index (χ0v) is 16.5. The number of hydrogen-bond donors (Lipinski definition) is 0. The number of thiophene rings is 1. The smallest absolute Gasteiger partial charge is 0.311 e. The summed E-state index contributed by atoms with van der Waals surface area (Å²) in [5.41, 5.74) is 0. The van der Waals surface area contributed by atoms with E-state index in [4.69, 9.17) is 4.74 Å². The molecule has 2 heterocycles. The Labute approximate surface area is 158 Å². The Morgan fingerprint density at radius 2 is 2.04 bits per heavy atom. The van der Waals surface area contributed by atoms with Crippen LogP contribution in [0, 0.1) is 24.7 Å². The molecule has 0 spiro atoms. The highest BCUT2D eigenvalue weighted by molar-refractivity contribution is 7.14. The van der Waals surface area contributed by atoms with Gasteiger partial charge in [0.05, 0.1) is 10.8 Å². The van der Waals surface area contributed by atoms with Crippen LogP contribution in [0.15, 0.2) is 12.1 Å². The van der Waals surface area contributed by atoms with Gasteiger partial charge in [0.25, 0.3) is 0 Å². The van der Waals surface area contributed by atoms with Gasteiger partial charge in [-0.2, -0.15) is 0 Å². The molecular formula is C20H27NO4S. The van der Waals surface area contributed by atoms with E-state index >= 15 is 0 Å². The van der Waals surface area contributed by atoms with E-state index in [2.05, 4.69) is 13.8 Å². The van der Waals surface area contributed by atoms with E-state index in [0.29, 0.717) is 23.3 Å². The Balaban J connectivity index is 1.54. The van der Waals surface area contributed by atoms with Gasteiger partial charge in [-0.3, -0.25) is 14.4 Å². The van der Waals surface area contributed by atoms with Crippen molar-refractivity contribution in [1.82, 2.24) is 4.90 Å². The highest BCUT2D eigenvalue weighted by atomic mass is 32.1. The number of aryl methyl sites for hydroxylation is 1. The number of hydrogen-bond acceptors (Lipinski definition) is 5. The average Bonchev–Trinajstić information content (AvgIpc) is 3.21. The van der Waals surface area contributed by atoms with E-state index in [-0.39, 0.29) is 30.8 Å². The zero-order valence-electron chi connectivity index (χ0n) is 15.7. The SMILES string of the molecule is Cc1ccc(C(=O)COC(=O)[C@@H]2CC(=O)N([C@H]3CCC[C@H](C)[C@@H]3C)C2)s1. The number of amides is 1. The number of nitrogens with zero attached hydrogens (tertiary/aromatic N) is 1. The summed E-state index contributed by atoms with van der Waals surface area (Å²) in [6, 6.07) is 3.85. The van der Waals surface area contributed by atoms with E-state index < -0.39 is 11.9 Å². The number of Topliss-reactive ketones (excluding diaryl/α,β-unsaturated/α-hetero) is 1. The van der Waals surface area contributed by atoms with Crippen LogP contribution < -0.4 is 0 Å². The first kappa shape index (κ1) is 19.1. The van der Waals surface area contributed by atoms with Crippen molar-refractivity contribution in [2.75, 3.05) is 13.2 Å². The van der Waals surface area contributed by atoms with Gasteiger partial charge in [-0.1, -0.05) is 26.7 Å². The van der Waals surface area contributed by atoms with Gasteiger partial charge in [-0.05, 0) is 37.3 Å². The summed E-state index contributed by atoms with van der Waals surface area (Å²) in [6.07, 6.45) is 3.54. The van der Waals surface area contributed by atoms with Crippen LogP contribution in [0.3, 0.4) is 0 Å². The molecular weight excluding hydrogens is 350 g/mol. The van der Waals surface area contributed by atoms with Crippen molar-refractivity contribution in [3.63, 3.8) is 0 Å². The molecule has 142 valence electrons. The van der Waals surface area contributed by atoms with Gasteiger partial charge in [-0.15, -0.1) is 11.3 Å². The maximum Gasteiger partial charge on any atom is 0.311 e. The predicted octanol–water partition coefficient (Wildman–Crippen LogP) is 3.46. The van der Waals surface area contributed by atoms with Crippen LogP contribution >= 0.6 is 11.3 Å². The lowest BCUT2D eigenvalue weighted by atomic mass is 9.77. The van der Waals surface area contributed by atoms with Crippen LogP contribution in [0.4, 0.5) is 0 Å². The summed E-state index contributed by atoms with van der Waals surface area (Å²) in [7, 11) is 0. The number of carbonyl (C=O) groups is 3. The molecule has 5 nitrogen and oxygen atoms in total. The van der Waals surface area contributed by atoms with Gasteiger partial charge in [0.2, 0.25) is 11.7 Å². The Hall–Kier alpha value is -1.69. The standard InChI is InChI=1S/C20H27NO4S/c1-12-5-4-6-16(14(12)3)21-10-15(9-19(21)23)20(24)25-11-17(22)18-8-7-13(2)26-18/h7-8,12,14-16H,4-6,9-11H2,1-3H3/t12-,14-,15+,16-/m0/s1. The minimum atomic E-state index is -0.454. The minimum absolute atomic E-state index is 0.0399. The first-order valence-corrected chi connectivity index (χ1v) is 10.2. The van der Waals surface area contributed by atoms with Crippen LogP contribution in [-0.2, 0) is 14.3 Å². The highest BCUT2D eigenvalue weighted by Gasteiger charge is 2.42. The van der Waals surface area contributed by atoms with Crippen molar-refractivity contribution in [2.45, 2.75) is 52.5 Å². The molecule has 0 N–H and O–H groups in total. The molecule has 1 aromatic heterocycles. The molecule has 0 aromatic carbocycles. The van der Waals surface area contributed by atoms with Gasteiger partial charge in [-0.25, -0.2) is 0 Å². The van der Waals surface area contributed by atoms with E-state index in [0.717, 1.165) is 17.7 Å². The number of carbonyl (C=O) groups excluding carboxylic acids is 3. The van der Waals surface area contributed by atoms with Crippen LogP contribution in [0.5, 0.6) is 0 Å². The molecule has 2 fully saturated rings. The monoisotopic (exact) mass is 377 g/mol. The quantitative estimate of drug-likeness (QED) is 0.582. The number of ether oxygens (including phenoxy) is 1. The molecule has 1 aliphatic heterocycles. The Bertz CT molecular complexity index is 698. The van der Waals surface area contributed by atoms with Crippen molar-refractivity contribution in [3.8, 4) is 0 Å². The second kappa shape index (κ2) is 7.91. The van der Waals surface area contributed by atoms with E-state index in [1.807, 2.05) is 17.9 Å². The molecule has 1 saturated heterocycles. The van der Waals surface area contributed by atoms with Crippen molar-refractivity contribution in [1.29, 1.82) is 0 Å². The molecule has 0 radical (unpaired) electrons. The summed E-state index contributed by atoms with van der Waals surface area (Å²) >= 11 is 1.40. The zero-order chi connectivity index (χ0) is 18.8. The minimum Gasteiger partial charge on any atom is -0.457 e. The second-order valence-electron chi connectivity index (χ2n) is 7.72. The number of rotatable bonds is 5. The summed E-state index contributed by atoms with van der Waals surface area (Å²) in [4.78, 5) is 40.4. The van der Waals surface area contributed by atoms with Gasteiger partial charge >= 0.3 is 5.97 Å². The maximum absolute atomic E-state index is 12.5. The topological polar surface area (TPSA) is 63.7 Å². The normalized spacial score (nSPS) is 29.0. The molecule has 3 rings (SSSR count). The molecule has 1 aromatic rings. The van der Waals surface area contributed by atoms with Gasteiger partial charge in [0, 0.05) is 23.9 Å². The lowest BCUT2D eigenvalue weighted by Gasteiger charge is -2.39. The van der Waals surface area contributed by atoms with Crippen molar-refractivity contribution in [2.24, 2.45) is 17.8 Å². The highest BCUT2D eigenvalue weighted by Crippen LogP contribution is 2.35. The number of ketones is 1. The summed E-state index contributed by atoms with van der Waals surface area (Å²) in [5.74, 6) is 0.0137. The Morgan fingerprint density at radius 3 is 2.73 bits per heavy atom. The van der Waals surface area contributed by atoms with Crippen molar-refractivity contribution in [3.05, 3.63) is 21.9 Å². The Morgan fingerprint density at radius 1 is 1.27 bits per heavy atom. The molecule has 1 aliphatic carbocycles. The van der Waals surface area contributed by atoms with Gasteiger partial charge in [0.1, 0.15) is 0 Å². The van der Waals surface area contributed by atoms with E-state index in [1.165, 1.54) is 17.8 Å². The summed E-state index contributed by atoms with van der Waals surface area (Å²) in [5, 5.41) is 0. The first-order valence-electron chi connectivity index (χ1n) is 9.42. The third-order valence-electron chi connectivity index (χ3n) is 5.92. The third kappa shape index (κ3) is 4.00. The molecule has 26 heavy (non-hydrogen) atoms. The predicted molar refractivity (Wildman–Crippen MR) is 100 cm³/mol. The number of esters is 1. The fourth-order valence-corrected chi connectivity index (χ4v) is 4.91. The molecule has 0 unspecified atom stereocenters. The van der Waals surface area contributed by atoms with Gasteiger partial charge < -0.3 is 9.64 Å². The molecule has 0 bridgehead atoms. The molecule has 6 heteroatoms. The lowest BCUT2D eigenvalue weighted by molar-refractivity contribution is -0.147. The largest absolute Gasteiger partial charge is 0.457 e. The van der Waals surface area contributed by atoms with Crippen molar-refractivity contribution < 1.29 is 19.1 Å². The fraction of sp³-hybridized carbons (Fsp3) is 0.650. The van der Waals surface area contributed by atoms with Gasteiger partial charge in [0.15, 0.2) is 6.61 Å². The van der Waals surface area contributed by atoms with Crippen LogP contribution in [0.25, 0.3) is 0 Å². The molecule has 1 amide bonds. The fourth-order valence-electron chi connectivity index (χ4n) is 4.11. The Kier molecular flexibility index (Phi) is 5.80. The average molecular weight is 378 g/mol. The maximum atomic E-state index is 12.5. The molecule has 1 saturated carbocycles. The first-order chi connectivity index (χ1) is 12.4. The van der Waals surface area contributed by atoms with Crippen LogP contribution in [-0.4, -0.2) is 41.8 Å². The van der Waals surface area contributed by atoms with Crippen LogP contribution in [0.1, 0.15) is 54.1 Å². The molecule has 4 atom stereocenters. The van der Waals surface area contributed by atoms with E-state index in [1.54, 1.807) is 6.07 Å². The summed E-state index contributed by atoms with van der Waals surface area (Å²) < 4.78 is 5.22. The molecule has 2 aliphatic rings. The van der Waals surface area contributed by atoms with E-state index in [9.17, 15) is 14.4 Å². The third-order valence-corrected chi connectivity index (χ3v) is 6.96.